The Morgan fingerprint density at radius 1 is 0.950 bits per heavy atom. The highest BCUT2D eigenvalue weighted by atomic mass is 16.5. The average Bonchev–Trinajstić information content (AvgIpc) is 3.51. The number of carbonyl (C=O) groups excluding carboxylic acids is 1. The van der Waals surface area contributed by atoms with Gasteiger partial charge in [0, 0.05) is 24.1 Å². The van der Waals surface area contributed by atoms with Gasteiger partial charge in [0.1, 0.15) is 24.0 Å². The van der Waals surface area contributed by atoms with Crippen molar-refractivity contribution in [1.29, 1.82) is 0 Å². The highest BCUT2D eigenvalue weighted by Gasteiger charge is 2.30. The highest BCUT2D eigenvalue weighted by molar-refractivity contribution is 5.82. The number of hydrogen-bond acceptors (Lipinski definition) is 5. The lowest BCUT2D eigenvalue weighted by molar-refractivity contribution is -0.139. The lowest BCUT2D eigenvalue weighted by atomic mass is 9.98. The van der Waals surface area contributed by atoms with E-state index in [1.54, 1.807) is 7.11 Å². The summed E-state index contributed by atoms with van der Waals surface area (Å²) in [6.45, 7) is 0.0941. The van der Waals surface area contributed by atoms with Crippen LogP contribution in [0, 0.1) is 0 Å². The zero-order valence-electron chi connectivity index (χ0n) is 21.8. The number of carboxylic acid groups (broad SMARTS) is 1. The third-order valence-corrected chi connectivity index (χ3v) is 7.30. The molecule has 1 unspecified atom stereocenters. The van der Waals surface area contributed by atoms with Gasteiger partial charge in [-0.25, -0.2) is 14.6 Å². The molecule has 3 aromatic carbocycles. The Kier molecular flexibility index (Phi) is 6.66. The largest absolute Gasteiger partial charge is 0.497 e. The summed E-state index contributed by atoms with van der Waals surface area (Å²) in [5.41, 5.74) is 7.12. The van der Waals surface area contributed by atoms with Crippen LogP contribution in [-0.4, -0.2) is 46.3 Å². The third kappa shape index (κ3) is 4.64. The molecule has 1 atom stereocenters. The molecule has 8 nitrogen and oxygen atoms in total. The van der Waals surface area contributed by atoms with Crippen LogP contribution in [0.4, 0.5) is 4.79 Å². The molecule has 2 N–H and O–H groups in total. The van der Waals surface area contributed by atoms with Crippen molar-refractivity contribution in [2.45, 2.75) is 18.4 Å². The molecule has 2 aromatic heterocycles. The summed E-state index contributed by atoms with van der Waals surface area (Å²) in [7, 11) is 1.59. The van der Waals surface area contributed by atoms with Crippen LogP contribution >= 0.6 is 0 Å². The predicted molar refractivity (Wildman–Crippen MR) is 151 cm³/mol. The molecule has 200 valence electrons. The number of methoxy groups -OCH3 is 1. The summed E-state index contributed by atoms with van der Waals surface area (Å²) < 4.78 is 12.8. The topological polar surface area (TPSA) is 102 Å². The number of rotatable bonds is 8. The summed E-state index contributed by atoms with van der Waals surface area (Å²) in [6, 6.07) is 27.8. The van der Waals surface area contributed by atoms with Crippen LogP contribution in [0.15, 0.2) is 97.2 Å². The minimum atomic E-state index is -1.24. The number of carboxylic acids is 1. The molecule has 0 fully saturated rings. The second-order valence-electron chi connectivity index (χ2n) is 9.63. The van der Waals surface area contributed by atoms with Gasteiger partial charge in [-0.2, -0.15) is 0 Å². The van der Waals surface area contributed by atoms with E-state index in [0.717, 1.165) is 27.8 Å². The smallest absolute Gasteiger partial charge is 0.407 e. The maximum atomic E-state index is 12.9. The maximum absolute atomic E-state index is 12.9. The standard InChI is InChI=1S/C32H27N3O5/c1-39-21-10-8-9-20(17-21)30-28(35-16-7-6-15-29(35)34-30)18-27(31(36)37)33-32(38)40-19-26-24-13-4-2-11-22(24)23-12-3-5-14-25(23)26/h2-17,26-27H,18-19H2,1H3,(H,33,38)(H,36,37). The molecule has 2 heterocycles. The number of ether oxygens (including phenoxy) is 2. The summed E-state index contributed by atoms with van der Waals surface area (Å²) in [5.74, 6) is -0.636. The molecule has 0 bridgehead atoms. The number of nitrogens with one attached hydrogen (secondary N) is 1. The maximum Gasteiger partial charge on any atom is 0.407 e. The average molecular weight is 534 g/mol. The Labute approximate surface area is 230 Å². The van der Waals surface area contributed by atoms with Crippen molar-refractivity contribution in [1.82, 2.24) is 14.7 Å². The Hall–Kier alpha value is -5.11. The lowest BCUT2D eigenvalue weighted by Gasteiger charge is -2.18. The van der Waals surface area contributed by atoms with Gasteiger partial charge in [-0.1, -0.05) is 66.7 Å². The summed E-state index contributed by atoms with van der Waals surface area (Å²) in [4.78, 5) is 30.0. The zero-order valence-corrected chi connectivity index (χ0v) is 21.8. The summed E-state index contributed by atoms with van der Waals surface area (Å²) >= 11 is 0. The van der Waals surface area contributed by atoms with Crippen molar-refractivity contribution >= 4 is 17.7 Å². The Bertz CT molecular complexity index is 1680. The van der Waals surface area contributed by atoms with E-state index in [0.29, 0.717) is 22.8 Å². The van der Waals surface area contributed by atoms with Crippen molar-refractivity contribution in [2.75, 3.05) is 13.7 Å². The molecule has 0 radical (unpaired) electrons. The van der Waals surface area contributed by atoms with Crippen molar-refractivity contribution in [3.05, 3.63) is 114 Å². The van der Waals surface area contributed by atoms with Crippen molar-refractivity contribution < 1.29 is 24.2 Å². The highest BCUT2D eigenvalue weighted by Crippen LogP contribution is 2.44. The normalized spacial score (nSPS) is 12.9. The molecular weight excluding hydrogens is 506 g/mol. The molecule has 0 saturated heterocycles. The molecule has 1 aliphatic rings. The minimum absolute atomic E-state index is 0.00273. The monoisotopic (exact) mass is 533 g/mol. The number of alkyl carbamates (subject to hydrolysis) is 1. The number of imidazole rings is 1. The molecule has 0 aliphatic heterocycles. The molecule has 0 spiro atoms. The molecule has 1 aliphatic carbocycles. The Morgan fingerprint density at radius 2 is 1.65 bits per heavy atom. The molecule has 40 heavy (non-hydrogen) atoms. The molecular formula is C32H27N3O5. The molecule has 0 saturated carbocycles. The van der Waals surface area contributed by atoms with Gasteiger partial charge in [0.2, 0.25) is 0 Å². The van der Waals surface area contributed by atoms with Crippen molar-refractivity contribution in [3.8, 4) is 28.1 Å². The van der Waals surface area contributed by atoms with E-state index in [4.69, 9.17) is 14.5 Å². The van der Waals surface area contributed by atoms with Crippen molar-refractivity contribution in [3.63, 3.8) is 0 Å². The number of pyridine rings is 1. The summed E-state index contributed by atoms with van der Waals surface area (Å²) in [5, 5.41) is 12.6. The van der Waals surface area contributed by atoms with Crippen LogP contribution in [0.1, 0.15) is 22.7 Å². The second kappa shape index (κ2) is 10.6. The van der Waals surface area contributed by atoms with E-state index >= 15 is 0 Å². The first-order chi connectivity index (χ1) is 19.5. The Balaban J connectivity index is 1.23. The van der Waals surface area contributed by atoms with E-state index in [2.05, 4.69) is 17.4 Å². The quantitative estimate of drug-likeness (QED) is 0.271. The van der Waals surface area contributed by atoms with Gasteiger partial charge < -0.3 is 24.3 Å². The number of aliphatic carboxylic acids is 1. The van der Waals surface area contributed by atoms with Crippen LogP contribution in [-0.2, 0) is 16.0 Å². The fraction of sp³-hybridized carbons (Fsp3) is 0.156. The lowest BCUT2D eigenvalue weighted by Crippen LogP contribution is -2.43. The molecule has 1 amide bonds. The van der Waals surface area contributed by atoms with Crippen LogP contribution in [0.5, 0.6) is 5.75 Å². The number of nitrogens with zero attached hydrogens (tertiary/aromatic N) is 2. The van der Waals surface area contributed by atoms with Gasteiger partial charge in [0.05, 0.1) is 18.5 Å². The Morgan fingerprint density at radius 3 is 2.35 bits per heavy atom. The van der Waals surface area contributed by atoms with Crippen LogP contribution in [0.3, 0.4) is 0 Å². The van der Waals surface area contributed by atoms with E-state index in [1.807, 2.05) is 89.5 Å². The molecule has 8 heteroatoms. The number of hydrogen-bond donors (Lipinski definition) is 2. The number of fused-ring (bicyclic) bond motifs is 4. The third-order valence-electron chi connectivity index (χ3n) is 7.30. The zero-order chi connectivity index (χ0) is 27.6. The predicted octanol–water partition coefficient (Wildman–Crippen LogP) is 5.54. The fourth-order valence-corrected chi connectivity index (χ4v) is 5.42. The van der Waals surface area contributed by atoms with Gasteiger partial charge >= 0.3 is 12.1 Å². The van der Waals surface area contributed by atoms with E-state index in [-0.39, 0.29) is 18.9 Å². The summed E-state index contributed by atoms with van der Waals surface area (Å²) in [6.07, 6.45) is 1.04. The minimum Gasteiger partial charge on any atom is -0.497 e. The van der Waals surface area contributed by atoms with Crippen LogP contribution in [0.25, 0.3) is 28.0 Å². The van der Waals surface area contributed by atoms with Crippen LogP contribution < -0.4 is 10.1 Å². The first-order valence-electron chi connectivity index (χ1n) is 13.0. The number of amides is 1. The van der Waals surface area contributed by atoms with Gasteiger partial charge in [-0.05, 0) is 46.5 Å². The second-order valence-corrected chi connectivity index (χ2v) is 9.63. The van der Waals surface area contributed by atoms with Crippen molar-refractivity contribution in [2.24, 2.45) is 0 Å². The van der Waals surface area contributed by atoms with Gasteiger partial charge in [-0.3, -0.25) is 0 Å². The van der Waals surface area contributed by atoms with E-state index in [9.17, 15) is 14.7 Å². The molecule has 5 aromatic rings. The van der Waals surface area contributed by atoms with E-state index in [1.165, 1.54) is 0 Å². The SMILES string of the molecule is COc1cccc(-c2nc3ccccn3c2CC(NC(=O)OCC2c3ccccc3-c3ccccc32)C(=O)O)c1. The first kappa shape index (κ1) is 25.2. The van der Waals surface area contributed by atoms with Gasteiger partial charge in [0.25, 0.3) is 0 Å². The van der Waals surface area contributed by atoms with E-state index < -0.39 is 18.1 Å². The van der Waals surface area contributed by atoms with Gasteiger partial charge in [-0.15, -0.1) is 0 Å². The number of carbonyl (C=O) groups is 2. The number of aromatic nitrogens is 2. The number of benzene rings is 3. The first-order valence-corrected chi connectivity index (χ1v) is 13.0. The fourth-order valence-electron chi connectivity index (χ4n) is 5.42. The van der Waals surface area contributed by atoms with Gasteiger partial charge in [0.15, 0.2) is 0 Å². The van der Waals surface area contributed by atoms with Crippen LogP contribution in [0.2, 0.25) is 0 Å². The molecule has 6 rings (SSSR count).